The van der Waals surface area contributed by atoms with Gasteiger partial charge in [0.15, 0.2) is 0 Å². The second-order valence-corrected chi connectivity index (χ2v) is 5.40. The fraction of sp³-hybridized carbons (Fsp3) is 1.00. The molecule has 2 heteroatoms. The van der Waals surface area contributed by atoms with Gasteiger partial charge < -0.3 is 9.84 Å². The van der Waals surface area contributed by atoms with Gasteiger partial charge in [-0.3, -0.25) is 0 Å². The van der Waals surface area contributed by atoms with Crippen LogP contribution in [0.2, 0.25) is 0 Å². The zero-order chi connectivity index (χ0) is 11.5. The number of aliphatic hydroxyl groups is 1. The van der Waals surface area contributed by atoms with Gasteiger partial charge >= 0.3 is 0 Å². The van der Waals surface area contributed by atoms with Gasteiger partial charge in [0.1, 0.15) is 0 Å². The summed E-state index contributed by atoms with van der Waals surface area (Å²) < 4.78 is 5.70. The van der Waals surface area contributed by atoms with E-state index < -0.39 is 5.60 Å². The van der Waals surface area contributed by atoms with Gasteiger partial charge in [0.25, 0.3) is 0 Å². The van der Waals surface area contributed by atoms with Gasteiger partial charge in [-0.2, -0.15) is 0 Å². The standard InChI is InChI=1S/C13H26O2/c1-5-6-11(4)13(14)7-8-15-12(9-13)10(2)3/h10-12,14H,5-9H2,1-4H3. The molecule has 0 aromatic carbocycles. The minimum Gasteiger partial charge on any atom is -0.389 e. The van der Waals surface area contributed by atoms with Crippen LogP contribution in [0, 0.1) is 11.8 Å². The fourth-order valence-corrected chi connectivity index (χ4v) is 2.47. The second-order valence-electron chi connectivity index (χ2n) is 5.40. The zero-order valence-corrected chi connectivity index (χ0v) is 10.6. The molecule has 0 spiro atoms. The molecule has 1 fully saturated rings. The Morgan fingerprint density at radius 3 is 2.60 bits per heavy atom. The predicted molar refractivity (Wildman–Crippen MR) is 62.8 cm³/mol. The minimum atomic E-state index is -0.483. The highest BCUT2D eigenvalue weighted by atomic mass is 16.5. The monoisotopic (exact) mass is 214 g/mol. The summed E-state index contributed by atoms with van der Waals surface area (Å²) in [6.07, 6.45) is 4.12. The van der Waals surface area contributed by atoms with E-state index in [1.807, 2.05) is 0 Å². The lowest BCUT2D eigenvalue weighted by molar-refractivity contribution is -0.140. The molecular formula is C13H26O2. The van der Waals surface area contributed by atoms with Crippen molar-refractivity contribution in [3.63, 3.8) is 0 Å². The second kappa shape index (κ2) is 5.31. The van der Waals surface area contributed by atoms with Crippen LogP contribution in [0.4, 0.5) is 0 Å². The third-order valence-corrected chi connectivity index (χ3v) is 3.80. The molecule has 0 amide bonds. The normalized spacial score (nSPS) is 34.4. The highest BCUT2D eigenvalue weighted by molar-refractivity contribution is 4.90. The van der Waals surface area contributed by atoms with Crippen LogP contribution in [0.5, 0.6) is 0 Å². The van der Waals surface area contributed by atoms with Crippen molar-refractivity contribution in [2.45, 2.75) is 65.1 Å². The van der Waals surface area contributed by atoms with Crippen molar-refractivity contribution in [3.05, 3.63) is 0 Å². The van der Waals surface area contributed by atoms with E-state index in [0.717, 1.165) is 25.7 Å². The maximum absolute atomic E-state index is 10.6. The van der Waals surface area contributed by atoms with E-state index in [9.17, 15) is 5.11 Å². The maximum Gasteiger partial charge on any atom is 0.0719 e. The van der Waals surface area contributed by atoms with Gasteiger partial charge in [0.05, 0.1) is 11.7 Å². The Balaban J connectivity index is 2.59. The molecule has 1 aliphatic rings. The third-order valence-electron chi connectivity index (χ3n) is 3.80. The summed E-state index contributed by atoms with van der Waals surface area (Å²) in [6.45, 7) is 9.40. The summed E-state index contributed by atoms with van der Waals surface area (Å²) in [7, 11) is 0. The number of hydrogen-bond donors (Lipinski definition) is 1. The van der Waals surface area contributed by atoms with Crippen LogP contribution in [-0.4, -0.2) is 23.4 Å². The van der Waals surface area contributed by atoms with Crippen molar-refractivity contribution in [2.75, 3.05) is 6.61 Å². The molecule has 1 N–H and O–H groups in total. The van der Waals surface area contributed by atoms with Crippen LogP contribution >= 0.6 is 0 Å². The molecule has 1 rings (SSSR count). The van der Waals surface area contributed by atoms with Crippen molar-refractivity contribution in [1.29, 1.82) is 0 Å². The van der Waals surface area contributed by atoms with E-state index in [4.69, 9.17) is 4.74 Å². The molecule has 3 atom stereocenters. The Hall–Kier alpha value is -0.0800. The van der Waals surface area contributed by atoms with E-state index in [2.05, 4.69) is 27.7 Å². The van der Waals surface area contributed by atoms with Crippen molar-refractivity contribution in [2.24, 2.45) is 11.8 Å². The Bertz CT molecular complexity index is 191. The van der Waals surface area contributed by atoms with Crippen molar-refractivity contribution >= 4 is 0 Å². The lowest BCUT2D eigenvalue weighted by atomic mass is 9.76. The molecule has 0 aliphatic carbocycles. The third kappa shape index (κ3) is 3.18. The summed E-state index contributed by atoms with van der Waals surface area (Å²) in [5.74, 6) is 0.901. The van der Waals surface area contributed by atoms with Crippen LogP contribution < -0.4 is 0 Å². The molecule has 1 heterocycles. The molecule has 2 nitrogen and oxygen atoms in total. The number of ether oxygens (including phenoxy) is 1. The molecular weight excluding hydrogens is 188 g/mol. The predicted octanol–water partition coefficient (Wildman–Crippen LogP) is 2.99. The fourth-order valence-electron chi connectivity index (χ4n) is 2.47. The Kier molecular flexibility index (Phi) is 4.60. The van der Waals surface area contributed by atoms with Gasteiger partial charge in [-0.25, -0.2) is 0 Å². The molecule has 15 heavy (non-hydrogen) atoms. The SMILES string of the molecule is CCCC(C)C1(O)CCOC(C(C)C)C1. The first-order valence-electron chi connectivity index (χ1n) is 6.33. The summed E-state index contributed by atoms with van der Waals surface area (Å²) in [5, 5.41) is 10.6. The van der Waals surface area contributed by atoms with Crippen LogP contribution in [0.25, 0.3) is 0 Å². The molecule has 0 aromatic rings. The van der Waals surface area contributed by atoms with E-state index in [1.165, 1.54) is 0 Å². The number of rotatable bonds is 4. The lowest BCUT2D eigenvalue weighted by Crippen LogP contribution is -2.47. The molecule has 1 saturated heterocycles. The van der Waals surface area contributed by atoms with Crippen molar-refractivity contribution in [3.8, 4) is 0 Å². The van der Waals surface area contributed by atoms with Gasteiger partial charge in [-0.15, -0.1) is 0 Å². The molecule has 3 unspecified atom stereocenters. The van der Waals surface area contributed by atoms with Gasteiger partial charge in [0, 0.05) is 13.0 Å². The molecule has 0 aromatic heterocycles. The summed E-state index contributed by atoms with van der Waals surface area (Å²) in [6, 6.07) is 0. The van der Waals surface area contributed by atoms with Crippen molar-refractivity contribution < 1.29 is 9.84 Å². The highest BCUT2D eigenvalue weighted by Gasteiger charge is 2.39. The molecule has 0 saturated carbocycles. The van der Waals surface area contributed by atoms with E-state index in [-0.39, 0.29) is 6.10 Å². The van der Waals surface area contributed by atoms with E-state index >= 15 is 0 Å². The van der Waals surface area contributed by atoms with Gasteiger partial charge in [0.2, 0.25) is 0 Å². The van der Waals surface area contributed by atoms with Crippen LogP contribution in [0.3, 0.4) is 0 Å². The Labute approximate surface area is 94.0 Å². The molecule has 90 valence electrons. The van der Waals surface area contributed by atoms with Crippen molar-refractivity contribution in [1.82, 2.24) is 0 Å². The van der Waals surface area contributed by atoms with Crippen LogP contribution in [0.1, 0.15) is 53.4 Å². The van der Waals surface area contributed by atoms with Gasteiger partial charge in [-0.1, -0.05) is 34.1 Å². The first-order chi connectivity index (χ1) is 6.99. The topological polar surface area (TPSA) is 29.5 Å². The first kappa shape index (κ1) is 13.0. The average Bonchev–Trinajstić information content (AvgIpc) is 2.18. The lowest BCUT2D eigenvalue weighted by Gasteiger charge is -2.42. The highest BCUT2D eigenvalue weighted by Crippen LogP contribution is 2.36. The molecule has 0 radical (unpaired) electrons. The zero-order valence-electron chi connectivity index (χ0n) is 10.6. The largest absolute Gasteiger partial charge is 0.389 e. The maximum atomic E-state index is 10.6. The van der Waals surface area contributed by atoms with E-state index in [1.54, 1.807) is 0 Å². The Morgan fingerprint density at radius 1 is 1.40 bits per heavy atom. The van der Waals surface area contributed by atoms with Crippen LogP contribution in [0.15, 0.2) is 0 Å². The summed E-state index contributed by atoms with van der Waals surface area (Å²) in [4.78, 5) is 0. The Morgan fingerprint density at radius 2 is 2.07 bits per heavy atom. The van der Waals surface area contributed by atoms with Crippen LogP contribution in [-0.2, 0) is 4.74 Å². The quantitative estimate of drug-likeness (QED) is 0.779. The number of hydrogen-bond acceptors (Lipinski definition) is 2. The molecule has 1 aliphatic heterocycles. The first-order valence-corrected chi connectivity index (χ1v) is 6.33. The smallest absolute Gasteiger partial charge is 0.0719 e. The average molecular weight is 214 g/mol. The summed E-state index contributed by atoms with van der Waals surface area (Å²) in [5.41, 5.74) is -0.483. The minimum absolute atomic E-state index is 0.239. The van der Waals surface area contributed by atoms with Gasteiger partial charge in [-0.05, 0) is 24.7 Å². The molecule has 0 bridgehead atoms. The van der Waals surface area contributed by atoms with E-state index in [0.29, 0.717) is 18.4 Å². The summed E-state index contributed by atoms with van der Waals surface area (Å²) >= 11 is 0.